The third-order valence-electron chi connectivity index (χ3n) is 2.16. The summed E-state index contributed by atoms with van der Waals surface area (Å²) in [5.41, 5.74) is 2.39. The summed E-state index contributed by atoms with van der Waals surface area (Å²) in [6.07, 6.45) is 1.86. The zero-order valence-corrected chi connectivity index (χ0v) is 8.21. The van der Waals surface area contributed by atoms with Gasteiger partial charge in [0.25, 0.3) is 0 Å². The van der Waals surface area contributed by atoms with Crippen LogP contribution in [0.25, 0.3) is 0 Å². The quantitative estimate of drug-likeness (QED) is 0.560. The minimum absolute atomic E-state index is 0.603. The van der Waals surface area contributed by atoms with Crippen LogP contribution in [0.3, 0.4) is 0 Å². The number of hydrogen-bond donors (Lipinski definition) is 1. The summed E-state index contributed by atoms with van der Waals surface area (Å²) < 4.78 is -0.603. The van der Waals surface area contributed by atoms with Gasteiger partial charge >= 0.3 is 0 Å². The zero-order valence-electron chi connectivity index (χ0n) is 6.05. The van der Waals surface area contributed by atoms with Gasteiger partial charge in [0.05, 0.1) is 0 Å². The van der Waals surface area contributed by atoms with Crippen LogP contribution in [0.15, 0.2) is 24.3 Å². The molecule has 0 fully saturated rings. The number of fused-ring (bicyclic) bond motifs is 1. The van der Waals surface area contributed by atoms with E-state index in [9.17, 15) is 5.11 Å². The summed E-state index contributed by atoms with van der Waals surface area (Å²) >= 11 is 2.11. The molecule has 2 rings (SSSR count). The van der Waals surface area contributed by atoms with Gasteiger partial charge in [0.2, 0.25) is 0 Å². The molecule has 1 aliphatic rings. The third-order valence-corrected chi connectivity index (χ3v) is 3.28. The normalized spacial score (nSPS) is 28.5. The maximum absolute atomic E-state index is 9.83. The zero-order chi connectivity index (χ0) is 7.90. The van der Waals surface area contributed by atoms with E-state index < -0.39 is 3.61 Å². The lowest BCUT2D eigenvalue weighted by Crippen LogP contribution is -2.11. The van der Waals surface area contributed by atoms with Crippen molar-refractivity contribution in [2.75, 3.05) is 0 Å². The van der Waals surface area contributed by atoms with Crippen LogP contribution in [0.2, 0.25) is 0 Å². The average Bonchev–Trinajstić information content (AvgIpc) is 2.29. The molecule has 1 aromatic carbocycles. The SMILES string of the molecule is OC1(I)CCc2ccccc21. The monoisotopic (exact) mass is 260 g/mol. The van der Waals surface area contributed by atoms with E-state index in [0.29, 0.717) is 0 Å². The van der Waals surface area contributed by atoms with E-state index in [4.69, 9.17) is 0 Å². The lowest BCUT2D eigenvalue weighted by atomic mass is 10.1. The molecule has 1 N–H and O–H groups in total. The fraction of sp³-hybridized carbons (Fsp3) is 0.333. The lowest BCUT2D eigenvalue weighted by molar-refractivity contribution is 0.159. The van der Waals surface area contributed by atoms with Crippen molar-refractivity contribution >= 4 is 22.6 Å². The molecule has 0 radical (unpaired) electrons. The van der Waals surface area contributed by atoms with E-state index in [1.165, 1.54) is 5.56 Å². The molecule has 0 spiro atoms. The lowest BCUT2D eigenvalue weighted by Gasteiger charge is -2.14. The van der Waals surface area contributed by atoms with Crippen LogP contribution in [0, 0.1) is 0 Å². The predicted octanol–water partition coefficient (Wildman–Crippen LogP) is 2.21. The molecule has 1 aliphatic carbocycles. The Kier molecular flexibility index (Phi) is 1.68. The van der Waals surface area contributed by atoms with Gasteiger partial charge in [-0.1, -0.05) is 24.3 Å². The first-order valence-corrected chi connectivity index (χ1v) is 4.78. The fourth-order valence-corrected chi connectivity index (χ4v) is 2.34. The summed E-state index contributed by atoms with van der Waals surface area (Å²) in [4.78, 5) is 0. The van der Waals surface area contributed by atoms with Crippen LogP contribution in [0.4, 0.5) is 0 Å². The molecule has 0 aromatic heterocycles. The Hall–Kier alpha value is -0.0900. The Labute approximate surface area is 79.6 Å². The molecule has 0 amide bonds. The summed E-state index contributed by atoms with van der Waals surface area (Å²) in [7, 11) is 0. The first kappa shape index (κ1) is 7.55. The second kappa shape index (κ2) is 2.45. The number of benzene rings is 1. The number of halogens is 1. The van der Waals surface area contributed by atoms with Crippen molar-refractivity contribution in [2.24, 2.45) is 0 Å². The highest BCUT2D eigenvalue weighted by molar-refractivity contribution is 14.1. The molecule has 1 nitrogen and oxygen atoms in total. The van der Waals surface area contributed by atoms with Gasteiger partial charge in [0.15, 0.2) is 0 Å². The van der Waals surface area contributed by atoms with E-state index in [1.807, 2.05) is 18.2 Å². The van der Waals surface area contributed by atoms with Crippen molar-refractivity contribution in [3.8, 4) is 0 Å². The standard InChI is InChI=1S/C9H9IO/c10-9(11)6-5-7-3-1-2-4-8(7)9/h1-4,11H,5-6H2. The first-order valence-electron chi connectivity index (χ1n) is 3.70. The minimum Gasteiger partial charge on any atom is -0.375 e. The number of aliphatic hydroxyl groups is 1. The topological polar surface area (TPSA) is 20.2 Å². The van der Waals surface area contributed by atoms with Gasteiger partial charge < -0.3 is 5.11 Å². The maximum atomic E-state index is 9.83. The molecule has 0 bridgehead atoms. The molecule has 2 heteroatoms. The van der Waals surface area contributed by atoms with Crippen LogP contribution in [0.5, 0.6) is 0 Å². The fourth-order valence-electron chi connectivity index (χ4n) is 1.55. The summed E-state index contributed by atoms with van der Waals surface area (Å²) in [6.45, 7) is 0. The third kappa shape index (κ3) is 1.18. The highest BCUT2D eigenvalue weighted by Gasteiger charge is 2.32. The highest BCUT2D eigenvalue weighted by atomic mass is 127. The van der Waals surface area contributed by atoms with Crippen molar-refractivity contribution < 1.29 is 5.11 Å². The largest absolute Gasteiger partial charge is 0.375 e. The van der Waals surface area contributed by atoms with Crippen molar-refractivity contribution in [1.29, 1.82) is 0 Å². The van der Waals surface area contributed by atoms with Crippen molar-refractivity contribution in [3.05, 3.63) is 35.4 Å². The second-order valence-electron chi connectivity index (χ2n) is 2.92. The summed E-state index contributed by atoms with van der Waals surface area (Å²) in [5, 5.41) is 9.83. The minimum atomic E-state index is -0.603. The molecule has 1 atom stereocenters. The van der Waals surface area contributed by atoms with Crippen molar-refractivity contribution in [1.82, 2.24) is 0 Å². The van der Waals surface area contributed by atoms with E-state index in [2.05, 4.69) is 28.7 Å². The molecular formula is C9H9IO. The van der Waals surface area contributed by atoms with Crippen molar-refractivity contribution in [2.45, 2.75) is 16.4 Å². The van der Waals surface area contributed by atoms with E-state index in [1.54, 1.807) is 0 Å². The number of aryl methyl sites for hydroxylation is 1. The Morgan fingerprint density at radius 3 is 2.82 bits per heavy atom. The van der Waals surface area contributed by atoms with Gasteiger partial charge in [0.1, 0.15) is 3.61 Å². The Balaban J connectivity index is 2.56. The van der Waals surface area contributed by atoms with Gasteiger partial charge in [-0.05, 0) is 46.6 Å². The number of hydrogen-bond acceptors (Lipinski definition) is 1. The van der Waals surface area contributed by atoms with Gasteiger partial charge in [-0.25, -0.2) is 0 Å². The van der Waals surface area contributed by atoms with Gasteiger partial charge in [0, 0.05) is 0 Å². The summed E-state index contributed by atoms with van der Waals surface area (Å²) in [6, 6.07) is 8.10. The number of rotatable bonds is 0. The Bertz CT molecular complexity index is 281. The molecule has 11 heavy (non-hydrogen) atoms. The van der Waals surface area contributed by atoms with Crippen LogP contribution >= 0.6 is 22.6 Å². The molecule has 0 saturated heterocycles. The van der Waals surface area contributed by atoms with E-state index >= 15 is 0 Å². The van der Waals surface area contributed by atoms with Gasteiger partial charge in [-0.2, -0.15) is 0 Å². The van der Waals surface area contributed by atoms with Crippen LogP contribution in [0.1, 0.15) is 17.5 Å². The van der Waals surface area contributed by atoms with E-state index in [-0.39, 0.29) is 0 Å². The molecule has 0 aliphatic heterocycles. The number of alkyl halides is 1. The van der Waals surface area contributed by atoms with Gasteiger partial charge in [-0.3, -0.25) is 0 Å². The Morgan fingerprint density at radius 1 is 1.36 bits per heavy atom. The molecular weight excluding hydrogens is 251 g/mol. The molecule has 0 heterocycles. The van der Waals surface area contributed by atoms with Gasteiger partial charge in [-0.15, -0.1) is 0 Å². The van der Waals surface area contributed by atoms with Crippen LogP contribution in [-0.4, -0.2) is 5.11 Å². The molecule has 58 valence electrons. The highest BCUT2D eigenvalue weighted by Crippen LogP contribution is 2.41. The smallest absolute Gasteiger partial charge is 0.141 e. The Morgan fingerprint density at radius 2 is 2.09 bits per heavy atom. The second-order valence-corrected chi connectivity index (χ2v) is 4.70. The molecule has 1 aromatic rings. The predicted molar refractivity (Wildman–Crippen MR) is 52.7 cm³/mol. The first-order chi connectivity index (χ1) is 5.20. The van der Waals surface area contributed by atoms with E-state index in [0.717, 1.165) is 18.4 Å². The van der Waals surface area contributed by atoms with Crippen LogP contribution < -0.4 is 0 Å². The van der Waals surface area contributed by atoms with Crippen molar-refractivity contribution in [3.63, 3.8) is 0 Å². The molecule has 0 saturated carbocycles. The maximum Gasteiger partial charge on any atom is 0.141 e. The average molecular weight is 260 g/mol. The molecule has 1 unspecified atom stereocenters. The summed E-state index contributed by atoms with van der Waals surface area (Å²) in [5.74, 6) is 0. The van der Waals surface area contributed by atoms with Crippen LogP contribution in [-0.2, 0) is 10.0 Å².